The largest absolute Gasteiger partial charge is 0.472 e. The number of carbonyl (C=O) groups excluding carboxylic acids is 4. The summed E-state index contributed by atoms with van der Waals surface area (Å²) in [6.45, 7) is 1.91. The van der Waals surface area contributed by atoms with Crippen LogP contribution in [0.15, 0.2) is 48.5 Å². The molecule has 1 saturated heterocycles. The number of hydrogen-bond acceptors (Lipinski definition) is 7. The van der Waals surface area contributed by atoms with Crippen molar-refractivity contribution in [2.75, 3.05) is 19.9 Å². The van der Waals surface area contributed by atoms with Crippen molar-refractivity contribution in [3.05, 3.63) is 65.2 Å². The topological polar surface area (TPSA) is 93.2 Å². The van der Waals surface area contributed by atoms with E-state index in [4.69, 9.17) is 9.47 Å². The monoisotopic (exact) mass is 440 g/mol. The number of carbonyl (C=O) groups is 4. The lowest BCUT2D eigenvalue weighted by Gasteiger charge is -2.29. The maximum Gasteiger partial charge on any atom is 0.291 e. The highest BCUT2D eigenvalue weighted by Gasteiger charge is 2.40. The summed E-state index contributed by atoms with van der Waals surface area (Å²) in [7, 11) is 0. The lowest BCUT2D eigenvalue weighted by atomic mass is 10.1. The van der Waals surface area contributed by atoms with Gasteiger partial charge >= 0.3 is 0 Å². The van der Waals surface area contributed by atoms with Crippen LogP contribution in [0.4, 0.5) is 4.79 Å². The first-order valence-corrected chi connectivity index (χ1v) is 10.6. The van der Waals surface area contributed by atoms with Gasteiger partial charge in [-0.05, 0) is 42.4 Å². The summed E-state index contributed by atoms with van der Waals surface area (Å²) in [5.74, 6) is -0.398. The SMILES string of the molecule is CC(=O)c1ccc2c(c1)C(=O)N(CCOC1SC(=O)N(Cc3ccccc3)C1=O)CO2. The minimum Gasteiger partial charge on any atom is -0.472 e. The smallest absolute Gasteiger partial charge is 0.291 e. The highest BCUT2D eigenvalue weighted by molar-refractivity contribution is 8.15. The summed E-state index contributed by atoms with van der Waals surface area (Å²) in [6.07, 6.45) is 0. The number of Topliss-reactive ketones (excluding diaryl/α,β-unsaturated/α-hetero) is 1. The quantitative estimate of drug-likeness (QED) is 0.611. The second-order valence-electron chi connectivity index (χ2n) is 7.11. The lowest BCUT2D eigenvalue weighted by molar-refractivity contribution is -0.134. The zero-order chi connectivity index (χ0) is 22.0. The van der Waals surface area contributed by atoms with Gasteiger partial charge in [-0.3, -0.25) is 24.1 Å². The van der Waals surface area contributed by atoms with Crippen molar-refractivity contribution in [2.45, 2.75) is 18.9 Å². The van der Waals surface area contributed by atoms with Crippen molar-refractivity contribution >= 4 is 34.6 Å². The maximum atomic E-state index is 12.7. The van der Waals surface area contributed by atoms with Crippen LogP contribution in [-0.2, 0) is 16.1 Å². The van der Waals surface area contributed by atoms with Crippen molar-refractivity contribution in [3.8, 4) is 5.75 Å². The molecule has 0 bridgehead atoms. The highest BCUT2D eigenvalue weighted by atomic mass is 32.2. The van der Waals surface area contributed by atoms with Gasteiger partial charge in [-0.15, -0.1) is 0 Å². The van der Waals surface area contributed by atoms with Crippen LogP contribution in [0.1, 0.15) is 33.2 Å². The standard InChI is InChI=1S/C22H20N2O6S/c1-14(25)16-7-8-18-17(11-16)19(26)23(13-30-18)9-10-29-21-20(27)24(22(28)31-21)12-15-5-3-2-4-6-15/h2-8,11,21H,9-10,12-13H2,1H3. The molecular formula is C22H20N2O6S. The van der Waals surface area contributed by atoms with E-state index in [2.05, 4.69) is 0 Å². The molecular weight excluding hydrogens is 420 g/mol. The lowest BCUT2D eigenvalue weighted by Crippen LogP contribution is -2.41. The van der Waals surface area contributed by atoms with Crippen LogP contribution in [0.5, 0.6) is 5.75 Å². The third kappa shape index (κ3) is 4.47. The molecule has 0 spiro atoms. The molecule has 4 rings (SSSR count). The summed E-state index contributed by atoms with van der Waals surface area (Å²) in [5, 5.41) is -0.359. The van der Waals surface area contributed by atoms with Crippen LogP contribution in [0.3, 0.4) is 0 Å². The average Bonchev–Trinajstić information content (AvgIpc) is 3.03. The number of ether oxygens (including phenoxy) is 2. The normalized spacial score (nSPS) is 18.2. The van der Waals surface area contributed by atoms with Crippen molar-refractivity contribution in [1.82, 2.24) is 9.80 Å². The van der Waals surface area contributed by atoms with Gasteiger partial charge in [-0.25, -0.2) is 0 Å². The number of ketones is 1. The number of thioether (sulfide) groups is 1. The Morgan fingerprint density at radius 1 is 1.16 bits per heavy atom. The number of rotatable bonds is 7. The fourth-order valence-corrected chi connectivity index (χ4v) is 4.15. The van der Waals surface area contributed by atoms with Gasteiger partial charge in [0.25, 0.3) is 17.1 Å². The maximum absolute atomic E-state index is 12.7. The molecule has 160 valence electrons. The summed E-state index contributed by atoms with van der Waals surface area (Å²) in [6, 6.07) is 14.0. The van der Waals surface area contributed by atoms with Crippen LogP contribution in [0.25, 0.3) is 0 Å². The number of nitrogens with zero attached hydrogens (tertiary/aromatic N) is 2. The first-order valence-electron chi connectivity index (χ1n) is 9.68. The predicted octanol–water partition coefficient (Wildman–Crippen LogP) is 2.92. The zero-order valence-corrected chi connectivity index (χ0v) is 17.6. The van der Waals surface area contributed by atoms with E-state index in [0.717, 1.165) is 17.3 Å². The van der Waals surface area contributed by atoms with Crippen molar-refractivity contribution in [2.24, 2.45) is 0 Å². The first kappa shape index (κ1) is 21.1. The summed E-state index contributed by atoms with van der Waals surface area (Å²) in [5.41, 5.74) is 0.659. The molecule has 2 aromatic carbocycles. The third-order valence-electron chi connectivity index (χ3n) is 4.99. The van der Waals surface area contributed by atoms with Gasteiger partial charge in [0.15, 0.2) is 18.0 Å². The van der Waals surface area contributed by atoms with Crippen molar-refractivity contribution in [1.29, 1.82) is 0 Å². The van der Waals surface area contributed by atoms with E-state index in [1.807, 2.05) is 30.3 Å². The van der Waals surface area contributed by atoms with Gasteiger partial charge < -0.3 is 14.4 Å². The Kier molecular flexibility index (Phi) is 6.06. The molecule has 9 heteroatoms. The predicted molar refractivity (Wildman–Crippen MR) is 113 cm³/mol. The average molecular weight is 440 g/mol. The van der Waals surface area contributed by atoms with Gasteiger partial charge in [0, 0.05) is 12.1 Å². The van der Waals surface area contributed by atoms with Gasteiger partial charge in [0.05, 0.1) is 18.7 Å². The number of imide groups is 1. The van der Waals surface area contributed by atoms with Gasteiger partial charge in [0.1, 0.15) is 5.75 Å². The number of fused-ring (bicyclic) bond motifs is 1. The Morgan fingerprint density at radius 3 is 2.68 bits per heavy atom. The van der Waals surface area contributed by atoms with Crippen LogP contribution >= 0.6 is 11.8 Å². The molecule has 2 aliphatic heterocycles. The third-order valence-corrected chi connectivity index (χ3v) is 5.96. The highest BCUT2D eigenvalue weighted by Crippen LogP contribution is 2.30. The molecule has 2 aliphatic rings. The Balaban J connectivity index is 1.33. The van der Waals surface area contributed by atoms with E-state index in [0.29, 0.717) is 16.9 Å². The van der Waals surface area contributed by atoms with Crippen molar-refractivity contribution < 1.29 is 28.7 Å². The van der Waals surface area contributed by atoms with E-state index in [-0.39, 0.29) is 43.4 Å². The molecule has 0 N–H and O–H groups in total. The fraction of sp³-hybridized carbons (Fsp3) is 0.273. The van der Waals surface area contributed by atoms with Crippen LogP contribution < -0.4 is 4.74 Å². The summed E-state index contributed by atoms with van der Waals surface area (Å²) >= 11 is 0.825. The van der Waals surface area contributed by atoms with Crippen molar-refractivity contribution in [3.63, 3.8) is 0 Å². The molecule has 0 aromatic heterocycles. The molecule has 8 nitrogen and oxygen atoms in total. The Bertz CT molecular complexity index is 1040. The number of amides is 3. The molecule has 0 saturated carbocycles. The fourth-order valence-electron chi connectivity index (χ4n) is 3.29. The minimum absolute atomic E-state index is 0.0411. The molecule has 3 amide bonds. The molecule has 1 unspecified atom stereocenters. The van der Waals surface area contributed by atoms with Crippen LogP contribution in [0, 0.1) is 0 Å². The molecule has 1 fully saturated rings. The zero-order valence-electron chi connectivity index (χ0n) is 16.8. The molecule has 0 radical (unpaired) electrons. The van der Waals surface area contributed by atoms with E-state index in [1.54, 1.807) is 12.1 Å². The van der Waals surface area contributed by atoms with Crippen LogP contribution in [-0.4, -0.2) is 58.0 Å². The van der Waals surface area contributed by atoms with Gasteiger partial charge in [0.2, 0.25) is 0 Å². The molecule has 31 heavy (non-hydrogen) atoms. The number of benzene rings is 2. The summed E-state index contributed by atoms with van der Waals surface area (Å²) in [4.78, 5) is 51.7. The molecule has 2 aromatic rings. The minimum atomic E-state index is -0.936. The van der Waals surface area contributed by atoms with Gasteiger partial charge in [-0.1, -0.05) is 30.3 Å². The van der Waals surface area contributed by atoms with Gasteiger partial charge in [-0.2, -0.15) is 0 Å². The van der Waals surface area contributed by atoms with E-state index < -0.39 is 11.3 Å². The second kappa shape index (κ2) is 8.91. The second-order valence-corrected chi connectivity index (χ2v) is 8.12. The molecule has 0 aliphatic carbocycles. The van der Waals surface area contributed by atoms with E-state index >= 15 is 0 Å². The Hall–Kier alpha value is -3.17. The Labute approximate surface area is 183 Å². The summed E-state index contributed by atoms with van der Waals surface area (Å²) < 4.78 is 11.2. The molecule has 1 atom stereocenters. The molecule has 2 heterocycles. The number of hydrogen-bond donors (Lipinski definition) is 0. The Morgan fingerprint density at radius 2 is 1.94 bits per heavy atom. The first-order chi connectivity index (χ1) is 14.9. The van der Waals surface area contributed by atoms with Crippen LogP contribution in [0.2, 0.25) is 0 Å². The van der Waals surface area contributed by atoms with E-state index in [1.165, 1.54) is 22.8 Å². The van der Waals surface area contributed by atoms with E-state index in [9.17, 15) is 19.2 Å².